The topological polar surface area (TPSA) is 82.0 Å². The Balaban J connectivity index is 2.35. The van der Waals surface area contributed by atoms with E-state index in [4.69, 9.17) is 2.74 Å². The Bertz CT molecular complexity index is 804. The van der Waals surface area contributed by atoms with Crippen molar-refractivity contribution in [2.75, 3.05) is 0 Å². The molecule has 2 aromatic rings. The maximum atomic E-state index is 12.4. The first-order valence-electron chi connectivity index (χ1n) is 7.45. The molecule has 2 aromatic heterocycles. The standard InChI is InChI=1S/C13H20N4O3/c1-9(18)6-4-5-7-17-12(19)10-11(14-8-15(10)2)16(3)13(17)20/h8-9,18H,4-7H2,1-3H3/t9-/m0/s1/i6D2. The van der Waals surface area contributed by atoms with Crippen LogP contribution in [0.4, 0.5) is 0 Å². The van der Waals surface area contributed by atoms with Crippen molar-refractivity contribution in [1.82, 2.24) is 18.7 Å². The summed E-state index contributed by atoms with van der Waals surface area (Å²) in [5.41, 5.74) is -0.252. The predicted octanol–water partition coefficient (Wildman–Crippen LogP) is -0.0152. The van der Waals surface area contributed by atoms with Gasteiger partial charge in [-0.25, -0.2) is 9.78 Å². The van der Waals surface area contributed by atoms with Crippen LogP contribution < -0.4 is 11.2 Å². The van der Waals surface area contributed by atoms with Gasteiger partial charge in [0.15, 0.2) is 11.2 Å². The Morgan fingerprint density at radius 1 is 1.40 bits per heavy atom. The maximum Gasteiger partial charge on any atom is 0.332 e. The van der Waals surface area contributed by atoms with Crippen molar-refractivity contribution >= 4 is 11.2 Å². The van der Waals surface area contributed by atoms with Gasteiger partial charge in [-0.2, -0.15) is 0 Å². The molecule has 7 nitrogen and oxygen atoms in total. The molecular formula is C13H20N4O3. The lowest BCUT2D eigenvalue weighted by molar-refractivity contribution is 0.180. The summed E-state index contributed by atoms with van der Waals surface area (Å²) in [5, 5.41) is 9.36. The van der Waals surface area contributed by atoms with Crippen molar-refractivity contribution in [3.63, 3.8) is 0 Å². The molecule has 2 heterocycles. The Labute approximate surface area is 118 Å². The van der Waals surface area contributed by atoms with Crippen LogP contribution in [0, 0.1) is 0 Å². The SMILES string of the molecule is [2H]C([2H])(CCCn1c(=O)c2c(ncn2C)n(C)c1=O)[C@H](C)O. The highest BCUT2D eigenvalue weighted by Gasteiger charge is 2.14. The van der Waals surface area contributed by atoms with Crippen LogP contribution in [0.1, 0.15) is 28.9 Å². The van der Waals surface area contributed by atoms with E-state index in [1.807, 2.05) is 0 Å². The molecule has 0 unspecified atom stereocenters. The lowest BCUT2D eigenvalue weighted by atomic mass is 10.2. The molecule has 0 saturated carbocycles. The summed E-state index contributed by atoms with van der Waals surface area (Å²) < 4.78 is 19.3. The van der Waals surface area contributed by atoms with Gasteiger partial charge in [0.25, 0.3) is 5.56 Å². The van der Waals surface area contributed by atoms with E-state index >= 15 is 0 Å². The Hall–Kier alpha value is -1.89. The number of imidazole rings is 1. The second kappa shape index (κ2) is 5.62. The number of hydrogen-bond donors (Lipinski definition) is 1. The van der Waals surface area contributed by atoms with E-state index in [0.29, 0.717) is 11.2 Å². The molecule has 0 aliphatic rings. The molecule has 0 radical (unpaired) electrons. The minimum absolute atomic E-state index is 0.0592. The maximum absolute atomic E-state index is 12.4. The lowest BCUT2D eigenvalue weighted by Gasteiger charge is -2.09. The highest BCUT2D eigenvalue weighted by Crippen LogP contribution is 2.04. The van der Waals surface area contributed by atoms with Crippen molar-refractivity contribution < 1.29 is 7.85 Å². The molecule has 0 fully saturated rings. The summed E-state index contributed by atoms with van der Waals surface area (Å²) in [7, 11) is 3.22. The van der Waals surface area contributed by atoms with Gasteiger partial charge in [0.2, 0.25) is 0 Å². The number of aryl methyl sites for hydroxylation is 2. The van der Waals surface area contributed by atoms with Gasteiger partial charge in [-0.1, -0.05) is 0 Å². The van der Waals surface area contributed by atoms with Crippen molar-refractivity contribution in [3.05, 3.63) is 27.2 Å². The number of fused-ring (bicyclic) bond motifs is 1. The minimum Gasteiger partial charge on any atom is -0.393 e. The summed E-state index contributed by atoms with van der Waals surface area (Å²) in [6, 6.07) is 0. The molecule has 7 heteroatoms. The van der Waals surface area contributed by atoms with Crippen molar-refractivity contribution in [1.29, 1.82) is 0 Å². The molecule has 0 aromatic carbocycles. The van der Waals surface area contributed by atoms with Gasteiger partial charge in [0.05, 0.1) is 12.4 Å². The third kappa shape index (κ3) is 2.53. The van der Waals surface area contributed by atoms with Gasteiger partial charge in [-0.15, -0.1) is 0 Å². The molecule has 0 aliphatic carbocycles. The van der Waals surface area contributed by atoms with Crippen LogP contribution in [0.25, 0.3) is 11.2 Å². The Morgan fingerprint density at radius 3 is 2.75 bits per heavy atom. The first-order chi connectivity index (χ1) is 10.2. The fourth-order valence-electron chi connectivity index (χ4n) is 2.14. The lowest BCUT2D eigenvalue weighted by Crippen LogP contribution is -2.39. The summed E-state index contributed by atoms with van der Waals surface area (Å²) in [6.07, 6.45) is -1.04. The molecule has 2 rings (SSSR count). The average molecular weight is 282 g/mol. The van der Waals surface area contributed by atoms with E-state index in [1.54, 1.807) is 18.7 Å². The zero-order chi connectivity index (χ0) is 16.7. The van der Waals surface area contributed by atoms with Crippen LogP contribution in [0.3, 0.4) is 0 Å². The number of rotatable bonds is 5. The van der Waals surface area contributed by atoms with Crippen molar-refractivity contribution in [3.8, 4) is 0 Å². The zero-order valence-electron chi connectivity index (χ0n) is 13.8. The van der Waals surface area contributed by atoms with Crippen LogP contribution in [-0.2, 0) is 20.6 Å². The van der Waals surface area contributed by atoms with E-state index in [1.165, 1.54) is 17.8 Å². The van der Waals surface area contributed by atoms with Gasteiger partial charge in [0, 0.05) is 23.4 Å². The summed E-state index contributed by atoms with van der Waals surface area (Å²) in [5.74, 6) is 0. The molecule has 0 saturated heterocycles. The molecule has 110 valence electrons. The fraction of sp³-hybridized carbons (Fsp3) is 0.615. The molecule has 1 N–H and O–H groups in total. The minimum atomic E-state index is -1.74. The molecule has 0 bridgehead atoms. The third-order valence-electron chi connectivity index (χ3n) is 3.20. The fourth-order valence-corrected chi connectivity index (χ4v) is 2.14. The van der Waals surface area contributed by atoms with E-state index in [2.05, 4.69) is 4.98 Å². The number of hydrogen-bond acceptors (Lipinski definition) is 4. The molecule has 20 heavy (non-hydrogen) atoms. The van der Waals surface area contributed by atoms with E-state index in [0.717, 1.165) is 4.57 Å². The highest BCUT2D eigenvalue weighted by atomic mass is 16.3. The molecule has 0 amide bonds. The summed E-state index contributed by atoms with van der Waals surface area (Å²) in [6.45, 7) is 1.48. The molecule has 1 atom stereocenters. The second-order valence-corrected chi connectivity index (χ2v) is 4.81. The van der Waals surface area contributed by atoms with Crippen molar-refractivity contribution in [2.24, 2.45) is 14.1 Å². The van der Waals surface area contributed by atoms with E-state index in [9.17, 15) is 14.7 Å². The summed E-state index contributed by atoms with van der Waals surface area (Å²) in [4.78, 5) is 28.7. The van der Waals surface area contributed by atoms with Crippen LogP contribution in [0.5, 0.6) is 0 Å². The Kier molecular flexibility index (Phi) is 3.34. The first-order valence-corrected chi connectivity index (χ1v) is 6.45. The van der Waals surface area contributed by atoms with Gasteiger partial charge >= 0.3 is 5.69 Å². The molecule has 0 aliphatic heterocycles. The quantitative estimate of drug-likeness (QED) is 0.836. The number of aromatic nitrogens is 4. The third-order valence-corrected chi connectivity index (χ3v) is 3.20. The first kappa shape index (κ1) is 11.9. The van der Waals surface area contributed by atoms with Crippen molar-refractivity contribution in [2.45, 2.75) is 38.8 Å². The molecular weight excluding hydrogens is 260 g/mol. The Morgan fingerprint density at radius 2 is 2.10 bits per heavy atom. The normalized spacial score (nSPS) is 15.2. The number of aliphatic hydroxyl groups excluding tert-OH is 1. The van der Waals surface area contributed by atoms with E-state index < -0.39 is 23.7 Å². The monoisotopic (exact) mass is 282 g/mol. The van der Waals surface area contributed by atoms with Crippen LogP contribution in [0.15, 0.2) is 15.9 Å². The van der Waals surface area contributed by atoms with E-state index in [-0.39, 0.29) is 19.4 Å². The van der Waals surface area contributed by atoms with Gasteiger partial charge in [0.1, 0.15) is 0 Å². The predicted molar refractivity (Wildman–Crippen MR) is 75.7 cm³/mol. The van der Waals surface area contributed by atoms with Gasteiger partial charge in [-0.3, -0.25) is 13.9 Å². The zero-order valence-corrected chi connectivity index (χ0v) is 11.8. The van der Waals surface area contributed by atoms with Crippen LogP contribution in [-0.4, -0.2) is 29.9 Å². The highest BCUT2D eigenvalue weighted by molar-refractivity contribution is 5.69. The number of aliphatic hydroxyl groups is 1. The average Bonchev–Trinajstić information content (AvgIpc) is 2.82. The number of nitrogens with zero attached hydrogens (tertiary/aromatic N) is 4. The van der Waals surface area contributed by atoms with Gasteiger partial charge in [-0.05, 0) is 26.1 Å². The summed E-state index contributed by atoms with van der Waals surface area (Å²) >= 11 is 0. The van der Waals surface area contributed by atoms with Crippen LogP contribution >= 0.6 is 0 Å². The smallest absolute Gasteiger partial charge is 0.332 e. The largest absolute Gasteiger partial charge is 0.393 e. The molecule has 0 spiro atoms. The van der Waals surface area contributed by atoms with Crippen LogP contribution in [0.2, 0.25) is 0 Å². The second-order valence-electron chi connectivity index (χ2n) is 4.81. The van der Waals surface area contributed by atoms with Gasteiger partial charge < -0.3 is 9.67 Å².